The van der Waals surface area contributed by atoms with E-state index in [4.69, 9.17) is 15.0 Å². The van der Waals surface area contributed by atoms with Gasteiger partial charge in [0.2, 0.25) is 0 Å². The van der Waals surface area contributed by atoms with Gasteiger partial charge in [0.05, 0.1) is 7.11 Å². The van der Waals surface area contributed by atoms with Crippen LogP contribution in [0.15, 0.2) is 28.8 Å². The Morgan fingerprint density at radius 3 is 2.81 bits per heavy atom. The van der Waals surface area contributed by atoms with Crippen LogP contribution >= 0.6 is 0 Å². The van der Waals surface area contributed by atoms with Gasteiger partial charge in [0.25, 0.3) is 0 Å². The number of nitrogens with zero attached hydrogens (tertiary/aromatic N) is 1. The van der Waals surface area contributed by atoms with E-state index in [9.17, 15) is 4.39 Å². The maximum Gasteiger partial charge on any atom is 0.169 e. The van der Waals surface area contributed by atoms with E-state index >= 15 is 0 Å². The molecular weight excluding hydrogens is 211 g/mol. The molecule has 0 unspecified atom stereocenters. The minimum atomic E-state index is -0.597. The fraction of sp³-hybridized carbons (Fsp3) is 0.182. The van der Waals surface area contributed by atoms with Crippen LogP contribution in [0.4, 0.5) is 10.2 Å². The summed E-state index contributed by atoms with van der Waals surface area (Å²) in [7, 11) is 1.50. The van der Waals surface area contributed by atoms with Gasteiger partial charge in [0.15, 0.2) is 11.6 Å². The lowest BCUT2D eigenvalue weighted by atomic mass is 10.1. The molecule has 0 saturated carbocycles. The van der Waals surface area contributed by atoms with Crippen LogP contribution in [-0.2, 0) is 6.67 Å². The number of ether oxygens (including phenoxy) is 1. The van der Waals surface area contributed by atoms with Crippen LogP contribution in [0.3, 0.4) is 0 Å². The highest BCUT2D eigenvalue weighted by molar-refractivity contribution is 5.62. The molecule has 0 aliphatic rings. The fourth-order valence-electron chi connectivity index (χ4n) is 1.46. The second kappa shape index (κ2) is 4.22. The topological polar surface area (TPSA) is 61.3 Å². The second-order valence-corrected chi connectivity index (χ2v) is 3.28. The van der Waals surface area contributed by atoms with Crippen molar-refractivity contribution in [2.75, 3.05) is 12.8 Å². The number of anilines is 1. The first-order valence-electron chi connectivity index (χ1n) is 4.70. The molecular formula is C11H11FN2O2. The zero-order chi connectivity index (χ0) is 11.5. The molecule has 1 aromatic heterocycles. The highest BCUT2D eigenvalue weighted by Crippen LogP contribution is 2.28. The molecule has 1 heterocycles. The van der Waals surface area contributed by atoms with E-state index in [1.54, 1.807) is 24.3 Å². The first-order valence-corrected chi connectivity index (χ1v) is 4.70. The van der Waals surface area contributed by atoms with Crippen molar-refractivity contribution in [2.24, 2.45) is 0 Å². The number of aromatic nitrogens is 1. The zero-order valence-electron chi connectivity index (χ0n) is 8.74. The van der Waals surface area contributed by atoms with Crippen molar-refractivity contribution in [3.05, 3.63) is 29.8 Å². The van der Waals surface area contributed by atoms with Crippen LogP contribution < -0.4 is 10.5 Å². The predicted molar refractivity (Wildman–Crippen MR) is 57.7 cm³/mol. The third kappa shape index (κ3) is 1.84. The van der Waals surface area contributed by atoms with Crippen LogP contribution in [0, 0.1) is 0 Å². The van der Waals surface area contributed by atoms with Gasteiger partial charge in [-0.05, 0) is 18.2 Å². The molecule has 16 heavy (non-hydrogen) atoms. The Morgan fingerprint density at radius 1 is 1.44 bits per heavy atom. The smallest absolute Gasteiger partial charge is 0.169 e. The van der Waals surface area contributed by atoms with Crippen molar-refractivity contribution < 1.29 is 13.7 Å². The monoisotopic (exact) mass is 222 g/mol. The first-order chi connectivity index (χ1) is 7.74. The third-order valence-electron chi connectivity index (χ3n) is 2.24. The Labute approximate surface area is 91.8 Å². The number of nitrogens with two attached hydrogens (primary N) is 1. The van der Waals surface area contributed by atoms with Gasteiger partial charge in [-0.25, -0.2) is 4.39 Å². The standard InChI is InChI=1S/C11H11FN2O2/c1-15-9-3-2-7(4-8(9)6-12)10-5-11(13)14-16-10/h2-5H,6H2,1H3,(H2,13,14). The lowest BCUT2D eigenvalue weighted by Gasteiger charge is -2.06. The van der Waals surface area contributed by atoms with Crippen molar-refractivity contribution in [1.29, 1.82) is 0 Å². The summed E-state index contributed by atoms with van der Waals surface area (Å²) >= 11 is 0. The average molecular weight is 222 g/mol. The summed E-state index contributed by atoms with van der Waals surface area (Å²) in [5.41, 5.74) is 6.63. The van der Waals surface area contributed by atoms with Crippen molar-refractivity contribution in [3.8, 4) is 17.1 Å². The number of benzene rings is 1. The number of methoxy groups -OCH3 is 1. The molecule has 0 atom stereocenters. The third-order valence-corrected chi connectivity index (χ3v) is 2.24. The van der Waals surface area contributed by atoms with E-state index < -0.39 is 6.67 Å². The molecule has 0 saturated heterocycles. The zero-order valence-corrected chi connectivity index (χ0v) is 8.74. The molecule has 2 aromatic rings. The Balaban J connectivity index is 2.43. The molecule has 1 aromatic carbocycles. The van der Waals surface area contributed by atoms with E-state index in [-0.39, 0.29) is 0 Å². The van der Waals surface area contributed by atoms with Gasteiger partial charge in [0, 0.05) is 17.2 Å². The summed E-state index contributed by atoms with van der Waals surface area (Å²) in [6.07, 6.45) is 0. The van der Waals surface area contributed by atoms with Crippen LogP contribution in [0.25, 0.3) is 11.3 Å². The maximum absolute atomic E-state index is 12.7. The highest BCUT2D eigenvalue weighted by Gasteiger charge is 2.09. The molecule has 2 N–H and O–H groups in total. The number of rotatable bonds is 3. The van der Waals surface area contributed by atoms with Gasteiger partial charge >= 0.3 is 0 Å². The summed E-state index contributed by atoms with van der Waals surface area (Å²) in [5.74, 6) is 1.32. The molecule has 2 rings (SSSR count). The molecule has 0 bridgehead atoms. The van der Waals surface area contributed by atoms with Crippen LogP contribution in [-0.4, -0.2) is 12.3 Å². The van der Waals surface area contributed by atoms with E-state index in [0.717, 1.165) is 5.56 Å². The van der Waals surface area contributed by atoms with Gasteiger partial charge in [-0.2, -0.15) is 0 Å². The molecule has 0 radical (unpaired) electrons. The minimum absolute atomic E-state index is 0.299. The Kier molecular flexibility index (Phi) is 2.76. The molecule has 5 heteroatoms. The highest BCUT2D eigenvalue weighted by atomic mass is 19.1. The number of hydrogen-bond donors (Lipinski definition) is 1. The lowest BCUT2D eigenvalue weighted by molar-refractivity contribution is 0.394. The SMILES string of the molecule is COc1ccc(-c2cc(N)no2)cc1CF. The number of nitrogen functional groups attached to an aromatic ring is 1. The van der Waals surface area contributed by atoms with Crippen LogP contribution in [0.5, 0.6) is 5.75 Å². The summed E-state index contributed by atoms with van der Waals surface area (Å²) in [6, 6.07) is 6.68. The summed E-state index contributed by atoms with van der Waals surface area (Å²) in [6.45, 7) is -0.597. The van der Waals surface area contributed by atoms with Gasteiger partial charge in [0.1, 0.15) is 12.4 Å². The average Bonchev–Trinajstić information content (AvgIpc) is 2.75. The Morgan fingerprint density at radius 2 is 2.25 bits per heavy atom. The van der Waals surface area contributed by atoms with Crippen LogP contribution in [0.1, 0.15) is 5.56 Å². The minimum Gasteiger partial charge on any atom is -0.496 e. The largest absolute Gasteiger partial charge is 0.496 e. The summed E-state index contributed by atoms with van der Waals surface area (Å²) in [4.78, 5) is 0. The molecule has 0 spiro atoms. The molecule has 4 nitrogen and oxygen atoms in total. The molecule has 0 fully saturated rings. The molecule has 0 aliphatic carbocycles. The van der Waals surface area contributed by atoms with E-state index in [1.807, 2.05) is 0 Å². The summed E-state index contributed by atoms with van der Waals surface area (Å²) in [5, 5.41) is 3.57. The second-order valence-electron chi connectivity index (χ2n) is 3.28. The number of alkyl halides is 1. The summed E-state index contributed by atoms with van der Waals surface area (Å²) < 4.78 is 22.7. The quantitative estimate of drug-likeness (QED) is 0.866. The number of hydrogen-bond acceptors (Lipinski definition) is 4. The number of halogens is 1. The van der Waals surface area contributed by atoms with Gasteiger partial charge in [-0.3, -0.25) is 0 Å². The predicted octanol–water partition coefficient (Wildman–Crippen LogP) is 2.40. The van der Waals surface area contributed by atoms with E-state index in [1.165, 1.54) is 7.11 Å². The van der Waals surface area contributed by atoms with Crippen molar-refractivity contribution in [3.63, 3.8) is 0 Å². The van der Waals surface area contributed by atoms with Gasteiger partial charge in [-0.1, -0.05) is 5.16 Å². The van der Waals surface area contributed by atoms with E-state index in [2.05, 4.69) is 5.16 Å². The normalized spacial score (nSPS) is 10.4. The molecule has 0 aliphatic heterocycles. The van der Waals surface area contributed by atoms with Crippen molar-refractivity contribution >= 4 is 5.82 Å². The fourth-order valence-corrected chi connectivity index (χ4v) is 1.46. The maximum atomic E-state index is 12.7. The molecule has 0 amide bonds. The van der Waals surface area contributed by atoms with E-state index in [0.29, 0.717) is 22.9 Å². The van der Waals surface area contributed by atoms with Gasteiger partial charge < -0.3 is 15.0 Å². The van der Waals surface area contributed by atoms with Crippen molar-refractivity contribution in [1.82, 2.24) is 5.16 Å². The first kappa shape index (κ1) is 10.5. The van der Waals surface area contributed by atoms with Gasteiger partial charge in [-0.15, -0.1) is 0 Å². The van der Waals surface area contributed by atoms with Crippen LogP contribution in [0.2, 0.25) is 0 Å². The molecule has 84 valence electrons. The lowest BCUT2D eigenvalue weighted by Crippen LogP contribution is -1.90. The Bertz CT molecular complexity index is 496. The van der Waals surface area contributed by atoms with Crippen molar-refractivity contribution in [2.45, 2.75) is 6.67 Å². The Hall–Kier alpha value is -2.04.